The zero-order chi connectivity index (χ0) is 17.5. The number of anilines is 1. The van der Waals surface area contributed by atoms with Gasteiger partial charge in [0.15, 0.2) is 0 Å². The Hall–Kier alpha value is -2.39. The van der Waals surface area contributed by atoms with Gasteiger partial charge in [-0.15, -0.1) is 11.8 Å². The number of nitrogens with two attached hydrogens (primary N) is 1. The first-order chi connectivity index (χ1) is 11.3. The first-order valence-corrected chi connectivity index (χ1v) is 8.89. The molecule has 0 saturated carbocycles. The summed E-state index contributed by atoms with van der Waals surface area (Å²) < 4.78 is 5.88. The molecule has 0 amide bonds. The lowest BCUT2D eigenvalue weighted by Gasteiger charge is -2.22. The molecule has 2 aromatic rings. The highest BCUT2D eigenvalue weighted by Crippen LogP contribution is 2.42. The van der Waals surface area contributed by atoms with Crippen molar-refractivity contribution in [1.29, 1.82) is 5.26 Å². The number of hydrogen-bond acceptors (Lipinski definition) is 6. The lowest BCUT2D eigenvalue weighted by molar-refractivity contribution is 0.400. The molecule has 0 fully saturated rings. The average Bonchev–Trinajstić information content (AvgIpc) is 2.97. The summed E-state index contributed by atoms with van der Waals surface area (Å²) in [5.74, 6) is 1.15. The van der Waals surface area contributed by atoms with Gasteiger partial charge >= 0.3 is 0 Å². The van der Waals surface area contributed by atoms with Crippen LogP contribution in [0.15, 0.2) is 45.0 Å². The molecule has 3 N–H and O–H groups in total. The van der Waals surface area contributed by atoms with E-state index >= 15 is 0 Å². The highest BCUT2D eigenvalue weighted by atomic mass is 32.2. The quantitative estimate of drug-likeness (QED) is 0.805. The molecule has 0 radical (unpaired) electrons. The third-order valence-electron chi connectivity index (χ3n) is 3.97. The topological polar surface area (TPSA) is 87.9 Å². The smallest absolute Gasteiger partial charge is 0.223 e. The monoisotopic (exact) mass is 340 g/mol. The van der Waals surface area contributed by atoms with Gasteiger partial charge in [0.1, 0.15) is 11.5 Å². The summed E-state index contributed by atoms with van der Waals surface area (Å²) >= 11 is 1.68. The van der Waals surface area contributed by atoms with Crippen molar-refractivity contribution >= 4 is 17.6 Å². The second kappa shape index (κ2) is 5.91. The molecule has 0 aliphatic carbocycles. The molecule has 1 aromatic carbocycles. The Morgan fingerprint density at radius 2 is 1.96 bits per heavy atom. The SMILES string of the molecule is CSc1ccc(C2C(C#N)=C(N)Nc3oc(C(C)(C)C)nc32)cc1. The van der Waals surface area contributed by atoms with E-state index in [0.717, 1.165) is 5.56 Å². The number of fused-ring (bicyclic) bond motifs is 1. The molecule has 1 aromatic heterocycles. The van der Waals surface area contributed by atoms with E-state index in [4.69, 9.17) is 10.2 Å². The van der Waals surface area contributed by atoms with Gasteiger partial charge in [-0.25, -0.2) is 4.98 Å². The summed E-state index contributed by atoms with van der Waals surface area (Å²) in [6.45, 7) is 6.11. The maximum absolute atomic E-state index is 9.60. The zero-order valence-electron chi connectivity index (χ0n) is 14.2. The standard InChI is InChI=1S/C18H20N4OS/c1-18(2,3)17-21-14-13(10-5-7-11(24-4)8-6-10)12(9-19)15(20)22-16(14)23-17/h5-8,13,22H,20H2,1-4H3. The van der Waals surface area contributed by atoms with Gasteiger partial charge < -0.3 is 15.5 Å². The number of aromatic nitrogens is 1. The van der Waals surface area contributed by atoms with Crippen molar-refractivity contribution in [3.8, 4) is 6.07 Å². The van der Waals surface area contributed by atoms with Crippen LogP contribution in [0.25, 0.3) is 0 Å². The third kappa shape index (κ3) is 2.76. The van der Waals surface area contributed by atoms with E-state index in [0.29, 0.717) is 28.9 Å². The summed E-state index contributed by atoms with van der Waals surface area (Å²) in [6.07, 6.45) is 2.03. The predicted molar refractivity (Wildman–Crippen MR) is 95.7 cm³/mol. The summed E-state index contributed by atoms with van der Waals surface area (Å²) in [4.78, 5) is 5.85. The first-order valence-electron chi connectivity index (χ1n) is 7.67. The van der Waals surface area contributed by atoms with Crippen LogP contribution >= 0.6 is 11.8 Å². The molecule has 1 aliphatic heterocycles. The number of oxazole rings is 1. The van der Waals surface area contributed by atoms with Gasteiger partial charge in [0.2, 0.25) is 11.8 Å². The van der Waals surface area contributed by atoms with Crippen molar-refractivity contribution in [2.75, 3.05) is 11.6 Å². The fourth-order valence-corrected chi connectivity index (χ4v) is 3.07. The van der Waals surface area contributed by atoms with Crippen LogP contribution in [-0.2, 0) is 5.41 Å². The molecule has 0 spiro atoms. The van der Waals surface area contributed by atoms with E-state index in [-0.39, 0.29) is 11.3 Å². The van der Waals surface area contributed by atoms with E-state index in [1.807, 2.05) is 51.3 Å². The van der Waals surface area contributed by atoms with E-state index in [1.165, 1.54) is 4.90 Å². The van der Waals surface area contributed by atoms with Crippen molar-refractivity contribution < 1.29 is 4.42 Å². The van der Waals surface area contributed by atoms with Gasteiger partial charge in [0.25, 0.3) is 0 Å². The largest absolute Gasteiger partial charge is 0.424 e. The normalized spacial score (nSPS) is 17.2. The van der Waals surface area contributed by atoms with Crippen LogP contribution in [0.4, 0.5) is 5.88 Å². The highest BCUT2D eigenvalue weighted by molar-refractivity contribution is 7.98. The van der Waals surface area contributed by atoms with Gasteiger partial charge in [0.05, 0.1) is 17.6 Å². The predicted octanol–water partition coefficient (Wildman–Crippen LogP) is 3.95. The summed E-state index contributed by atoms with van der Waals surface area (Å²) in [5.41, 5.74) is 7.98. The minimum atomic E-state index is -0.318. The van der Waals surface area contributed by atoms with Gasteiger partial charge in [-0.05, 0) is 24.0 Å². The third-order valence-corrected chi connectivity index (χ3v) is 4.71. The maximum Gasteiger partial charge on any atom is 0.223 e. The number of allylic oxidation sites excluding steroid dienone is 1. The number of rotatable bonds is 2. The van der Waals surface area contributed by atoms with E-state index in [9.17, 15) is 5.26 Å². The number of nitrogens with zero attached hydrogens (tertiary/aromatic N) is 2. The van der Waals surface area contributed by atoms with Gasteiger partial charge in [-0.3, -0.25) is 0 Å². The van der Waals surface area contributed by atoms with E-state index < -0.39 is 0 Å². The number of nitrogens with one attached hydrogen (secondary N) is 1. The summed E-state index contributed by atoms with van der Waals surface area (Å²) in [7, 11) is 0. The Balaban J connectivity index is 2.15. The van der Waals surface area contributed by atoms with Crippen molar-refractivity contribution in [2.45, 2.75) is 37.0 Å². The molecule has 2 heterocycles. The highest BCUT2D eigenvalue weighted by Gasteiger charge is 2.35. The average molecular weight is 340 g/mol. The molecular weight excluding hydrogens is 320 g/mol. The molecule has 5 nitrogen and oxygen atoms in total. The minimum absolute atomic E-state index is 0.228. The zero-order valence-corrected chi connectivity index (χ0v) is 15.0. The fourth-order valence-electron chi connectivity index (χ4n) is 2.67. The number of benzene rings is 1. The Labute approximate surface area is 145 Å². The molecular formula is C18H20N4OS. The molecule has 0 saturated heterocycles. The molecule has 1 aliphatic rings. The molecule has 1 unspecified atom stereocenters. The van der Waals surface area contributed by atoms with Crippen molar-refractivity contribution in [1.82, 2.24) is 4.98 Å². The van der Waals surface area contributed by atoms with Crippen LogP contribution in [-0.4, -0.2) is 11.2 Å². The van der Waals surface area contributed by atoms with Crippen molar-refractivity contribution in [3.05, 3.63) is 52.8 Å². The number of nitriles is 1. The van der Waals surface area contributed by atoms with E-state index in [2.05, 4.69) is 16.4 Å². The maximum atomic E-state index is 9.60. The van der Waals surface area contributed by atoms with Gasteiger partial charge in [0, 0.05) is 10.3 Å². The van der Waals surface area contributed by atoms with Crippen LogP contribution in [0.5, 0.6) is 0 Å². The molecule has 24 heavy (non-hydrogen) atoms. The van der Waals surface area contributed by atoms with Crippen LogP contribution in [0.3, 0.4) is 0 Å². The van der Waals surface area contributed by atoms with Crippen molar-refractivity contribution in [2.24, 2.45) is 5.73 Å². The number of thioether (sulfide) groups is 1. The van der Waals surface area contributed by atoms with Crippen molar-refractivity contribution in [3.63, 3.8) is 0 Å². The molecule has 1 atom stereocenters. The molecule has 6 heteroatoms. The second-order valence-corrected chi connectivity index (χ2v) is 7.63. The van der Waals surface area contributed by atoms with Crippen LogP contribution in [0, 0.1) is 11.3 Å². The lowest BCUT2D eigenvalue weighted by atomic mass is 9.87. The Bertz CT molecular complexity index is 837. The minimum Gasteiger partial charge on any atom is -0.424 e. The Morgan fingerprint density at radius 3 is 2.50 bits per heavy atom. The van der Waals surface area contributed by atoms with Crippen LogP contribution in [0.1, 0.15) is 43.8 Å². The van der Waals surface area contributed by atoms with Crippen LogP contribution in [0.2, 0.25) is 0 Å². The Morgan fingerprint density at radius 1 is 1.29 bits per heavy atom. The van der Waals surface area contributed by atoms with Crippen LogP contribution < -0.4 is 11.1 Å². The Kier molecular flexibility index (Phi) is 4.06. The van der Waals surface area contributed by atoms with E-state index in [1.54, 1.807) is 11.8 Å². The lowest BCUT2D eigenvalue weighted by Crippen LogP contribution is -2.22. The first kappa shape index (κ1) is 16.5. The van der Waals surface area contributed by atoms with Gasteiger partial charge in [-0.2, -0.15) is 5.26 Å². The summed E-state index contributed by atoms with van der Waals surface area (Å²) in [6, 6.07) is 10.3. The molecule has 3 rings (SSSR count). The second-order valence-electron chi connectivity index (χ2n) is 6.75. The molecule has 0 bridgehead atoms. The fraction of sp³-hybridized carbons (Fsp3) is 0.333. The summed E-state index contributed by atoms with van der Waals surface area (Å²) in [5, 5.41) is 12.6. The van der Waals surface area contributed by atoms with Gasteiger partial charge in [-0.1, -0.05) is 32.9 Å². The number of hydrogen-bond donors (Lipinski definition) is 2. The molecule has 124 valence electrons.